The van der Waals surface area contributed by atoms with Gasteiger partial charge in [-0.15, -0.1) is 0 Å². The third-order valence-corrected chi connectivity index (χ3v) is 3.78. The number of amides is 1. The fourth-order valence-corrected chi connectivity index (χ4v) is 2.60. The Morgan fingerprint density at radius 1 is 1.17 bits per heavy atom. The van der Waals surface area contributed by atoms with Gasteiger partial charge in [-0.3, -0.25) is 4.79 Å². The number of anilines is 1. The zero-order chi connectivity index (χ0) is 17.1. The lowest BCUT2D eigenvalue weighted by Crippen LogP contribution is -2.30. The van der Waals surface area contributed by atoms with Crippen LogP contribution in [0.4, 0.5) is 5.69 Å². The lowest BCUT2D eigenvalue weighted by molar-refractivity contribution is -0.123. The van der Waals surface area contributed by atoms with E-state index in [0.717, 1.165) is 22.4 Å². The number of halogens is 1. The van der Waals surface area contributed by atoms with Crippen molar-refractivity contribution in [2.45, 2.75) is 33.8 Å². The number of furan rings is 1. The van der Waals surface area contributed by atoms with E-state index in [1.54, 1.807) is 6.07 Å². The van der Waals surface area contributed by atoms with Gasteiger partial charge in [0.25, 0.3) is 5.91 Å². The average molecular weight is 380 g/mol. The summed E-state index contributed by atoms with van der Waals surface area (Å²) in [6.45, 7) is 7.36. The molecule has 1 aromatic carbocycles. The van der Waals surface area contributed by atoms with Gasteiger partial charge in [0.2, 0.25) is 5.76 Å². The van der Waals surface area contributed by atoms with Crippen molar-refractivity contribution in [3.05, 3.63) is 51.4 Å². The second-order valence-electron chi connectivity index (χ2n) is 5.41. The predicted octanol–water partition coefficient (Wildman–Crippen LogP) is 4.15. The van der Waals surface area contributed by atoms with Gasteiger partial charge in [-0.25, -0.2) is 4.79 Å². The Balaban J connectivity index is 2.04. The van der Waals surface area contributed by atoms with Crippen molar-refractivity contribution in [1.82, 2.24) is 0 Å². The molecule has 1 heterocycles. The van der Waals surface area contributed by atoms with Crippen LogP contribution in [-0.4, -0.2) is 18.0 Å². The second kappa shape index (κ2) is 7.00. The largest absolute Gasteiger partial charge is 0.447 e. The molecule has 0 unspecified atom stereocenters. The SMILES string of the molecule is Cc1cc(C)c(NC(=O)[C@@H](C)OC(=O)c2ccc(Br)o2)c(C)c1. The molecule has 6 heteroatoms. The molecule has 2 aromatic rings. The first-order valence-corrected chi connectivity index (χ1v) is 7.92. The minimum absolute atomic E-state index is 0.0409. The Bertz CT molecular complexity index is 728. The van der Waals surface area contributed by atoms with Crippen LogP contribution in [0.1, 0.15) is 34.2 Å². The smallest absolute Gasteiger partial charge is 0.375 e. The highest BCUT2D eigenvalue weighted by Gasteiger charge is 2.22. The van der Waals surface area contributed by atoms with Crippen LogP contribution >= 0.6 is 15.9 Å². The normalized spacial score (nSPS) is 11.9. The Kier molecular flexibility index (Phi) is 5.26. The van der Waals surface area contributed by atoms with Crippen LogP contribution in [0, 0.1) is 20.8 Å². The standard InChI is InChI=1S/C17H18BrNO4/c1-9-7-10(2)15(11(3)8-9)19-16(20)12(4)22-17(21)13-5-6-14(18)23-13/h5-8,12H,1-4H3,(H,19,20)/t12-/m1/s1. The lowest BCUT2D eigenvalue weighted by Gasteiger charge is -2.16. The fourth-order valence-electron chi connectivity index (χ4n) is 2.30. The molecule has 2 rings (SSSR count). The molecule has 0 spiro atoms. The molecule has 23 heavy (non-hydrogen) atoms. The summed E-state index contributed by atoms with van der Waals surface area (Å²) in [5, 5.41) is 2.81. The summed E-state index contributed by atoms with van der Waals surface area (Å²) in [7, 11) is 0. The van der Waals surface area contributed by atoms with Crippen LogP contribution in [0.3, 0.4) is 0 Å². The van der Waals surface area contributed by atoms with Crippen molar-refractivity contribution in [2.75, 3.05) is 5.32 Å². The Labute approximate surface area is 143 Å². The van der Waals surface area contributed by atoms with Crippen molar-refractivity contribution in [3.63, 3.8) is 0 Å². The number of ether oxygens (including phenoxy) is 1. The summed E-state index contributed by atoms with van der Waals surface area (Å²) in [6.07, 6.45) is -0.938. The van der Waals surface area contributed by atoms with Crippen molar-refractivity contribution >= 4 is 33.5 Å². The number of carbonyl (C=O) groups is 2. The minimum Gasteiger partial charge on any atom is -0.447 e. The number of rotatable bonds is 4. The molecule has 0 bridgehead atoms. The summed E-state index contributed by atoms with van der Waals surface area (Å²) >= 11 is 3.11. The highest BCUT2D eigenvalue weighted by molar-refractivity contribution is 9.10. The summed E-state index contributed by atoms with van der Waals surface area (Å²) in [4.78, 5) is 24.1. The minimum atomic E-state index is -0.938. The first kappa shape index (κ1) is 17.3. The summed E-state index contributed by atoms with van der Waals surface area (Å²) in [5.41, 5.74) is 3.79. The predicted molar refractivity (Wildman–Crippen MR) is 90.6 cm³/mol. The van der Waals surface area contributed by atoms with E-state index in [9.17, 15) is 9.59 Å². The number of nitrogens with one attached hydrogen (secondary N) is 1. The van der Waals surface area contributed by atoms with Crippen LogP contribution in [0.5, 0.6) is 0 Å². The summed E-state index contributed by atoms with van der Waals surface area (Å²) in [6, 6.07) is 7.03. The Morgan fingerprint density at radius 2 is 1.78 bits per heavy atom. The van der Waals surface area contributed by atoms with Crippen LogP contribution in [0.2, 0.25) is 0 Å². The maximum absolute atomic E-state index is 12.2. The first-order valence-electron chi connectivity index (χ1n) is 7.13. The molecule has 1 N–H and O–H groups in total. The van der Waals surface area contributed by atoms with Gasteiger partial charge in [-0.05, 0) is 66.9 Å². The molecular weight excluding hydrogens is 362 g/mol. The Morgan fingerprint density at radius 3 is 2.30 bits per heavy atom. The zero-order valence-electron chi connectivity index (χ0n) is 13.4. The van der Waals surface area contributed by atoms with E-state index in [2.05, 4.69) is 21.2 Å². The molecule has 0 aliphatic carbocycles. The van der Waals surface area contributed by atoms with Gasteiger partial charge in [-0.2, -0.15) is 0 Å². The highest BCUT2D eigenvalue weighted by atomic mass is 79.9. The Hall–Kier alpha value is -2.08. The van der Waals surface area contributed by atoms with E-state index in [0.29, 0.717) is 4.67 Å². The molecule has 5 nitrogen and oxygen atoms in total. The number of hydrogen-bond donors (Lipinski definition) is 1. The van der Waals surface area contributed by atoms with Gasteiger partial charge in [0.1, 0.15) is 0 Å². The molecule has 0 fully saturated rings. The van der Waals surface area contributed by atoms with E-state index >= 15 is 0 Å². The van der Waals surface area contributed by atoms with Gasteiger partial charge in [0.05, 0.1) is 0 Å². The third kappa shape index (κ3) is 4.22. The lowest BCUT2D eigenvalue weighted by atomic mass is 10.0. The molecule has 1 aromatic heterocycles. The first-order chi connectivity index (χ1) is 10.8. The number of aryl methyl sites for hydroxylation is 3. The van der Waals surface area contributed by atoms with E-state index in [1.807, 2.05) is 32.9 Å². The van der Waals surface area contributed by atoms with Crippen LogP contribution in [-0.2, 0) is 9.53 Å². The van der Waals surface area contributed by atoms with E-state index in [4.69, 9.17) is 9.15 Å². The van der Waals surface area contributed by atoms with Gasteiger partial charge < -0.3 is 14.5 Å². The molecule has 1 amide bonds. The van der Waals surface area contributed by atoms with Crippen LogP contribution in [0.15, 0.2) is 33.4 Å². The second-order valence-corrected chi connectivity index (χ2v) is 6.20. The highest BCUT2D eigenvalue weighted by Crippen LogP contribution is 2.22. The molecule has 0 radical (unpaired) electrons. The van der Waals surface area contributed by atoms with Gasteiger partial charge in [-0.1, -0.05) is 17.7 Å². The number of benzene rings is 1. The molecule has 0 saturated heterocycles. The monoisotopic (exact) mass is 379 g/mol. The van der Waals surface area contributed by atoms with Gasteiger partial charge >= 0.3 is 5.97 Å². The van der Waals surface area contributed by atoms with Gasteiger partial charge in [0.15, 0.2) is 10.8 Å². The fraction of sp³-hybridized carbons (Fsp3) is 0.294. The molecule has 0 aliphatic heterocycles. The maximum atomic E-state index is 12.2. The van der Waals surface area contributed by atoms with Crippen LogP contribution < -0.4 is 5.32 Å². The molecule has 0 aliphatic rings. The topological polar surface area (TPSA) is 68.5 Å². The number of esters is 1. The van der Waals surface area contributed by atoms with Crippen molar-refractivity contribution < 1.29 is 18.7 Å². The van der Waals surface area contributed by atoms with E-state index in [-0.39, 0.29) is 11.7 Å². The van der Waals surface area contributed by atoms with Crippen LogP contribution in [0.25, 0.3) is 0 Å². The zero-order valence-corrected chi connectivity index (χ0v) is 15.0. The number of hydrogen-bond acceptors (Lipinski definition) is 4. The summed E-state index contributed by atoms with van der Waals surface area (Å²) < 4.78 is 10.7. The quantitative estimate of drug-likeness (QED) is 0.810. The molecule has 0 saturated carbocycles. The average Bonchev–Trinajstić information content (AvgIpc) is 2.89. The number of carbonyl (C=O) groups excluding carboxylic acids is 2. The third-order valence-electron chi connectivity index (χ3n) is 3.35. The van der Waals surface area contributed by atoms with Crippen molar-refractivity contribution in [3.8, 4) is 0 Å². The van der Waals surface area contributed by atoms with Crippen molar-refractivity contribution in [1.29, 1.82) is 0 Å². The molecule has 1 atom stereocenters. The van der Waals surface area contributed by atoms with E-state index in [1.165, 1.54) is 13.0 Å². The maximum Gasteiger partial charge on any atom is 0.375 e. The molecule has 122 valence electrons. The van der Waals surface area contributed by atoms with Crippen molar-refractivity contribution in [2.24, 2.45) is 0 Å². The van der Waals surface area contributed by atoms with E-state index < -0.39 is 12.1 Å². The summed E-state index contributed by atoms with van der Waals surface area (Å²) in [5.74, 6) is -1.03. The molecular formula is C17H18BrNO4. The van der Waals surface area contributed by atoms with Gasteiger partial charge in [0, 0.05) is 5.69 Å².